The summed E-state index contributed by atoms with van der Waals surface area (Å²) in [5.41, 5.74) is 5.00. The number of esters is 2. The van der Waals surface area contributed by atoms with E-state index in [2.05, 4.69) is 18.9 Å². The monoisotopic (exact) mass is 579 g/mol. The molecule has 0 bridgehead atoms. The van der Waals surface area contributed by atoms with Crippen LogP contribution in [0, 0.1) is 17.8 Å². The number of benzene rings is 1. The standard InChI is InChI=1S/C23H27Cl2NO12/c1-3-32-21(30)37-9-35-19(28)15-14-16(15)23(26,20(29)36-10-38-22(31)33-4-2)18(17(14)27)34-8-11-5-6-12(24)13(25)7-11/h5-7,14-18,27H,3-4,8-10,26H2,1-2H3/t14-,15-,16-,17-,18+,23+/m0/s1. The van der Waals surface area contributed by atoms with Crippen molar-refractivity contribution in [3.8, 4) is 0 Å². The van der Waals surface area contributed by atoms with E-state index >= 15 is 0 Å². The highest BCUT2D eigenvalue weighted by molar-refractivity contribution is 6.42. The first-order valence-electron chi connectivity index (χ1n) is 11.5. The maximum Gasteiger partial charge on any atom is 0.511 e. The lowest BCUT2D eigenvalue weighted by molar-refractivity contribution is -0.173. The fourth-order valence-electron chi connectivity index (χ4n) is 4.46. The van der Waals surface area contributed by atoms with Crippen molar-refractivity contribution in [1.82, 2.24) is 0 Å². The minimum Gasteiger partial charge on any atom is -0.435 e. The first kappa shape index (κ1) is 29.7. The molecular weight excluding hydrogens is 553 g/mol. The van der Waals surface area contributed by atoms with Crippen LogP contribution in [0.5, 0.6) is 0 Å². The smallest absolute Gasteiger partial charge is 0.435 e. The molecule has 0 spiro atoms. The Balaban J connectivity index is 1.71. The van der Waals surface area contributed by atoms with Gasteiger partial charge in [-0.1, -0.05) is 29.3 Å². The molecule has 0 aliphatic heterocycles. The molecule has 38 heavy (non-hydrogen) atoms. The number of halogens is 2. The summed E-state index contributed by atoms with van der Waals surface area (Å²) in [6.07, 6.45) is -4.81. The number of rotatable bonds is 11. The molecule has 1 aromatic carbocycles. The second kappa shape index (κ2) is 12.8. The summed E-state index contributed by atoms with van der Waals surface area (Å²) in [6, 6.07) is 4.72. The van der Waals surface area contributed by atoms with Crippen LogP contribution in [0.25, 0.3) is 0 Å². The second-order valence-electron chi connectivity index (χ2n) is 8.32. The van der Waals surface area contributed by atoms with Gasteiger partial charge in [0.1, 0.15) is 11.6 Å². The predicted molar refractivity (Wildman–Crippen MR) is 127 cm³/mol. The molecule has 2 fully saturated rings. The van der Waals surface area contributed by atoms with E-state index in [4.69, 9.17) is 43.1 Å². The van der Waals surface area contributed by atoms with E-state index < -0.39 is 73.3 Å². The van der Waals surface area contributed by atoms with E-state index in [1.807, 2.05) is 0 Å². The summed E-state index contributed by atoms with van der Waals surface area (Å²) in [4.78, 5) is 48.4. The lowest BCUT2D eigenvalue weighted by atomic mass is 9.87. The number of nitrogens with two attached hydrogens (primary N) is 1. The fourth-order valence-corrected chi connectivity index (χ4v) is 4.78. The highest BCUT2D eigenvalue weighted by Crippen LogP contribution is 2.63. The first-order valence-corrected chi connectivity index (χ1v) is 12.3. The lowest BCUT2D eigenvalue weighted by Gasteiger charge is -2.34. The summed E-state index contributed by atoms with van der Waals surface area (Å²) < 4.78 is 34.2. The molecule has 3 N–H and O–H groups in total. The molecule has 2 aliphatic rings. The summed E-state index contributed by atoms with van der Waals surface area (Å²) in [5.74, 6) is -4.76. The highest BCUT2D eigenvalue weighted by atomic mass is 35.5. The zero-order valence-electron chi connectivity index (χ0n) is 20.4. The quantitative estimate of drug-likeness (QED) is 0.221. The van der Waals surface area contributed by atoms with Gasteiger partial charge in [0.2, 0.25) is 13.6 Å². The van der Waals surface area contributed by atoms with E-state index in [9.17, 15) is 24.3 Å². The minimum atomic E-state index is -2.04. The number of ether oxygens (including phenoxy) is 7. The molecule has 0 amide bonds. The van der Waals surface area contributed by atoms with Gasteiger partial charge in [0.15, 0.2) is 0 Å². The summed E-state index contributed by atoms with van der Waals surface area (Å²) in [7, 11) is 0. The number of aliphatic hydroxyl groups excluding tert-OH is 1. The second-order valence-corrected chi connectivity index (χ2v) is 9.13. The number of hydrogen-bond donors (Lipinski definition) is 2. The van der Waals surface area contributed by atoms with Gasteiger partial charge in [0.25, 0.3) is 0 Å². The van der Waals surface area contributed by atoms with Crippen molar-refractivity contribution in [2.24, 2.45) is 23.5 Å². The molecule has 13 nitrogen and oxygen atoms in total. The van der Waals surface area contributed by atoms with E-state index in [0.717, 1.165) is 0 Å². The Kier molecular flexibility index (Phi) is 10.0. The maximum absolute atomic E-state index is 13.1. The molecule has 0 heterocycles. The van der Waals surface area contributed by atoms with Crippen LogP contribution < -0.4 is 5.73 Å². The van der Waals surface area contributed by atoms with Gasteiger partial charge < -0.3 is 44.0 Å². The molecule has 0 aromatic heterocycles. The number of hydrogen-bond acceptors (Lipinski definition) is 13. The van der Waals surface area contributed by atoms with Crippen LogP contribution in [0.4, 0.5) is 9.59 Å². The molecule has 1 aromatic rings. The van der Waals surface area contributed by atoms with Gasteiger partial charge in [-0.15, -0.1) is 0 Å². The van der Waals surface area contributed by atoms with Crippen molar-refractivity contribution in [3.05, 3.63) is 33.8 Å². The molecule has 210 valence electrons. The molecular formula is C23H27Cl2NO12. The predicted octanol–water partition coefficient (Wildman–Crippen LogP) is 2.16. The van der Waals surface area contributed by atoms with Crippen LogP contribution in [-0.4, -0.2) is 73.9 Å². The molecule has 15 heteroatoms. The molecule has 0 saturated heterocycles. The Morgan fingerprint density at radius 3 is 2.11 bits per heavy atom. The average Bonchev–Trinajstić information content (AvgIpc) is 3.58. The van der Waals surface area contributed by atoms with Crippen LogP contribution in [0.1, 0.15) is 19.4 Å². The van der Waals surface area contributed by atoms with Crippen LogP contribution in [0.3, 0.4) is 0 Å². The Hall–Kier alpha value is -2.84. The third kappa shape index (κ3) is 6.41. The van der Waals surface area contributed by atoms with E-state index in [1.54, 1.807) is 32.0 Å². The molecule has 2 saturated carbocycles. The molecule has 0 unspecified atom stereocenters. The summed E-state index contributed by atoms with van der Waals surface area (Å²) in [6.45, 7) is 1.54. The molecule has 2 aliphatic carbocycles. The largest absolute Gasteiger partial charge is 0.511 e. The van der Waals surface area contributed by atoms with Gasteiger partial charge in [0.05, 0.1) is 41.9 Å². The SMILES string of the molecule is CCOC(=O)OCOC(=O)[C@H]1[C@@H]2[C@H](O)[C@@H](OCc3ccc(Cl)c(Cl)c3)[C@@](N)(C(=O)OCOC(=O)OCC)[C@H]12. The third-order valence-electron chi connectivity index (χ3n) is 6.11. The molecule has 3 rings (SSSR count). The summed E-state index contributed by atoms with van der Waals surface area (Å²) in [5, 5.41) is 11.6. The van der Waals surface area contributed by atoms with E-state index in [1.165, 1.54) is 0 Å². The van der Waals surface area contributed by atoms with Crippen molar-refractivity contribution >= 4 is 47.5 Å². The number of aliphatic hydroxyl groups is 1. The van der Waals surface area contributed by atoms with Crippen LogP contribution in [0.2, 0.25) is 10.0 Å². The Labute approximate surface area is 227 Å². The van der Waals surface area contributed by atoms with Gasteiger partial charge in [-0.25, -0.2) is 14.4 Å². The van der Waals surface area contributed by atoms with Crippen LogP contribution in [-0.2, 0) is 49.4 Å². The van der Waals surface area contributed by atoms with Gasteiger partial charge in [0, 0.05) is 11.8 Å². The molecule has 0 radical (unpaired) electrons. The fraction of sp³-hybridized carbons (Fsp3) is 0.565. The first-order chi connectivity index (χ1) is 18.1. The van der Waals surface area contributed by atoms with Crippen LogP contribution in [0.15, 0.2) is 18.2 Å². The normalized spacial score (nSPS) is 27.1. The van der Waals surface area contributed by atoms with Crippen molar-refractivity contribution in [2.75, 3.05) is 26.8 Å². The number of fused-ring (bicyclic) bond motifs is 1. The zero-order chi connectivity index (χ0) is 28.0. The van der Waals surface area contributed by atoms with Crippen molar-refractivity contribution in [2.45, 2.75) is 38.2 Å². The lowest BCUT2D eigenvalue weighted by Crippen LogP contribution is -2.62. The minimum absolute atomic E-state index is 0.0395. The number of carbonyl (C=O) groups is 4. The Morgan fingerprint density at radius 2 is 1.53 bits per heavy atom. The van der Waals surface area contributed by atoms with Gasteiger partial charge in [-0.3, -0.25) is 4.79 Å². The van der Waals surface area contributed by atoms with E-state index in [-0.39, 0.29) is 24.8 Å². The summed E-state index contributed by atoms with van der Waals surface area (Å²) >= 11 is 12.0. The van der Waals surface area contributed by atoms with Gasteiger partial charge >= 0.3 is 24.2 Å². The Bertz CT molecular complexity index is 1060. The van der Waals surface area contributed by atoms with Crippen LogP contribution >= 0.6 is 23.2 Å². The van der Waals surface area contributed by atoms with Crippen molar-refractivity contribution in [3.63, 3.8) is 0 Å². The average molecular weight is 580 g/mol. The van der Waals surface area contributed by atoms with Gasteiger partial charge in [-0.05, 0) is 31.5 Å². The highest BCUT2D eigenvalue weighted by Gasteiger charge is 2.79. The van der Waals surface area contributed by atoms with Crippen molar-refractivity contribution in [1.29, 1.82) is 0 Å². The van der Waals surface area contributed by atoms with E-state index in [0.29, 0.717) is 10.6 Å². The zero-order valence-corrected chi connectivity index (χ0v) is 21.9. The third-order valence-corrected chi connectivity index (χ3v) is 6.85. The van der Waals surface area contributed by atoms with Gasteiger partial charge in [-0.2, -0.15) is 0 Å². The topological polar surface area (TPSA) is 179 Å². The van der Waals surface area contributed by atoms with Crippen molar-refractivity contribution < 1.29 is 57.4 Å². The molecule has 6 atom stereocenters. The Morgan fingerprint density at radius 1 is 0.921 bits per heavy atom. The maximum atomic E-state index is 13.1. The number of carbonyl (C=O) groups excluding carboxylic acids is 4.